The van der Waals surface area contributed by atoms with Crippen LogP contribution in [0.5, 0.6) is 11.5 Å². The molecule has 0 unspecified atom stereocenters. The molecule has 2 heterocycles. The van der Waals surface area contributed by atoms with Gasteiger partial charge in [-0.2, -0.15) is 0 Å². The van der Waals surface area contributed by atoms with Crippen LogP contribution in [0.3, 0.4) is 0 Å². The van der Waals surface area contributed by atoms with Gasteiger partial charge in [0.2, 0.25) is 0 Å². The first-order valence-electron chi connectivity index (χ1n) is 15.3. The number of aryl methyl sites for hydroxylation is 4. The van der Waals surface area contributed by atoms with Crippen LogP contribution in [0.4, 0.5) is 0 Å². The highest BCUT2D eigenvalue weighted by Gasteiger charge is 2.14. The fraction of sp³-hybridized carbons (Fsp3) is 0.122. The molecule has 0 bridgehead atoms. The van der Waals surface area contributed by atoms with Crippen molar-refractivity contribution in [2.45, 2.75) is 27.7 Å². The molecule has 0 amide bonds. The van der Waals surface area contributed by atoms with Crippen molar-refractivity contribution in [2.24, 2.45) is 0 Å². The third-order valence-corrected chi connectivity index (χ3v) is 8.59. The Morgan fingerprint density at radius 3 is 1.04 bits per heavy atom. The van der Waals surface area contributed by atoms with Crippen LogP contribution < -0.4 is 4.74 Å². The van der Waals surface area contributed by atoms with Crippen LogP contribution in [0.15, 0.2) is 121 Å². The fourth-order valence-electron chi connectivity index (χ4n) is 6.39. The lowest BCUT2D eigenvalue weighted by Gasteiger charge is -2.09. The second-order valence-corrected chi connectivity index (χ2v) is 12.0. The quantitative estimate of drug-likeness (QED) is 0.223. The van der Waals surface area contributed by atoms with Crippen LogP contribution in [0.25, 0.3) is 55.0 Å². The van der Waals surface area contributed by atoms with E-state index in [4.69, 9.17) is 4.74 Å². The fourth-order valence-corrected chi connectivity index (χ4v) is 6.39. The summed E-state index contributed by atoms with van der Waals surface area (Å²) in [6.45, 7) is 8.54. The zero-order valence-electron chi connectivity index (χ0n) is 26.3. The molecule has 8 rings (SSSR count). The highest BCUT2D eigenvalue weighted by molar-refractivity contribution is 6.10. The molecule has 0 aliphatic heterocycles. The Kier molecular flexibility index (Phi) is 7.06. The molecule has 4 heteroatoms. The van der Waals surface area contributed by atoms with Crippen molar-refractivity contribution in [2.75, 3.05) is 7.11 Å². The largest absolute Gasteiger partial charge is 0.508 e. The van der Waals surface area contributed by atoms with Gasteiger partial charge in [-0.3, -0.25) is 0 Å². The van der Waals surface area contributed by atoms with Gasteiger partial charge in [-0.15, -0.1) is 0 Å². The molecule has 0 fully saturated rings. The monoisotopic (exact) mass is 588 g/mol. The topological polar surface area (TPSA) is 39.3 Å². The number of fused-ring (bicyclic) bond motifs is 6. The van der Waals surface area contributed by atoms with E-state index >= 15 is 0 Å². The normalized spacial score (nSPS) is 11.3. The summed E-state index contributed by atoms with van der Waals surface area (Å²) >= 11 is 0. The Labute approximate surface area is 263 Å². The maximum Gasteiger partial charge on any atom is 0.119 e. The maximum atomic E-state index is 9.54. The van der Waals surface area contributed by atoms with E-state index in [2.05, 4.69) is 122 Å². The zero-order valence-corrected chi connectivity index (χ0v) is 26.3. The van der Waals surface area contributed by atoms with Crippen molar-refractivity contribution in [3.8, 4) is 22.9 Å². The number of rotatable bonds is 3. The van der Waals surface area contributed by atoms with Crippen LogP contribution in [0, 0.1) is 27.7 Å². The first-order valence-corrected chi connectivity index (χ1v) is 15.3. The van der Waals surface area contributed by atoms with Crippen molar-refractivity contribution in [1.29, 1.82) is 0 Å². The Morgan fingerprint density at radius 2 is 0.733 bits per heavy atom. The van der Waals surface area contributed by atoms with E-state index in [0.717, 1.165) is 17.1 Å². The van der Waals surface area contributed by atoms with Crippen LogP contribution in [-0.2, 0) is 0 Å². The predicted molar refractivity (Wildman–Crippen MR) is 189 cm³/mol. The van der Waals surface area contributed by atoms with Gasteiger partial charge in [-0.1, -0.05) is 46.5 Å². The molecule has 0 spiro atoms. The average molecular weight is 589 g/mol. The van der Waals surface area contributed by atoms with Gasteiger partial charge in [0.1, 0.15) is 11.5 Å². The van der Waals surface area contributed by atoms with E-state index in [1.807, 2.05) is 24.3 Å². The number of methoxy groups -OCH3 is 1. The molecule has 1 N–H and O–H groups in total. The van der Waals surface area contributed by atoms with Gasteiger partial charge < -0.3 is 19.0 Å². The number of phenols is 1. The number of ether oxygens (including phenoxy) is 1. The van der Waals surface area contributed by atoms with E-state index < -0.39 is 0 Å². The highest BCUT2D eigenvalue weighted by atomic mass is 16.5. The number of nitrogens with zero attached hydrogens (tertiary/aromatic N) is 2. The molecule has 2 aromatic heterocycles. The van der Waals surface area contributed by atoms with E-state index in [1.165, 1.54) is 65.9 Å². The first kappa shape index (κ1) is 28.3. The third-order valence-electron chi connectivity index (χ3n) is 8.59. The van der Waals surface area contributed by atoms with Gasteiger partial charge in [0.05, 0.1) is 29.2 Å². The zero-order chi connectivity index (χ0) is 31.2. The van der Waals surface area contributed by atoms with Crippen molar-refractivity contribution >= 4 is 43.6 Å². The number of phenolic OH excluding ortho intramolecular Hbond substituents is 1. The van der Waals surface area contributed by atoms with Crippen LogP contribution in [-0.4, -0.2) is 21.4 Å². The van der Waals surface area contributed by atoms with Gasteiger partial charge in [0, 0.05) is 32.9 Å². The molecular formula is C41H36N2O2. The molecule has 0 saturated carbocycles. The molecule has 0 aliphatic carbocycles. The van der Waals surface area contributed by atoms with Crippen LogP contribution in [0.1, 0.15) is 22.3 Å². The number of aromatic hydroxyl groups is 1. The summed E-state index contributed by atoms with van der Waals surface area (Å²) < 4.78 is 9.86. The average Bonchev–Trinajstić information content (AvgIpc) is 3.53. The number of benzene rings is 6. The standard InChI is InChI=1S/C21H19NO.C20H17NO/c1-14-4-10-20-18(12-14)19-13-15(2)5-11-21(19)22(20)16-6-8-17(23-3)9-7-16;1-13-3-9-19-17(11-13)18-12-14(2)4-10-20(18)21(19)15-5-7-16(22)8-6-15/h4-13H,1-3H3;3-12,22H,1-2H3. The van der Waals surface area contributed by atoms with Crippen LogP contribution in [0.2, 0.25) is 0 Å². The summed E-state index contributed by atoms with van der Waals surface area (Å²) in [6.07, 6.45) is 0. The summed E-state index contributed by atoms with van der Waals surface area (Å²) in [5.41, 5.74) is 12.2. The van der Waals surface area contributed by atoms with Gasteiger partial charge in [0.25, 0.3) is 0 Å². The van der Waals surface area contributed by atoms with E-state index in [-0.39, 0.29) is 5.75 Å². The Bertz CT molecular complexity index is 2220. The molecule has 4 nitrogen and oxygen atoms in total. The van der Waals surface area contributed by atoms with Crippen molar-refractivity contribution < 1.29 is 9.84 Å². The molecule has 0 aliphatic rings. The minimum atomic E-state index is 0.288. The van der Waals surface area contributed by atoms with Crippen molar-refractivity contribution in [3.63, 3.8) is 0 Å². The Balaban J connectivity index is 0.000000145. The summed E-state index contributed by atoms with van der Waals surface area (Å²) in [5, 5.41) is 14.7. The summed E-state index contributed by atoms with van der Waals surface area (Å²) in [5.74, 6) is 1.16. The molecule has 45 heavy (non-hydrogen) atoms. The smallest absolute Gasteiger partial charge is 0.119 e. The lowest BCUT2D eigenvalue weighted by Crippen LogP contribution is -1.94. The SMILES string of the molecule is COc1ccc(-n2c3ccc(C)cc3c3cc(C)ccc32)cc1.Cc1ccc2c(c1)c1cc(C)ccc1n2-c1ccc(O)cc1. The van der Waals surface area contributed by atoms with Crippen molar-refractivity contribution in [1.82, 2.24) is 9.13 Å². The van der Waals surface area contributed by atoms with E-state index in [0.29, 0.717) is 0 Å². The molecule has 0 saturated heterocycles. The Morgan fingerprint density at radius 1 is 0.422 bits per heavy atom. The molecule has 8 aromatic rings. The second-order valence-electron chi connectivity index (χ2n) is 12.0. The Hall–Kier alpha value is -5.48. The molecule has 0 atom stereocenters. The van der Waals surface area contributed by atoms with Gasteiger partial charge in [-0.05, 0) is 125 Å². The number of aromatic nitrogens is 2. The second kappa shape index (κ2) is 11.2. The summed E-state index contributed by atoms with van der Waals surface area (Å²) in [6, 6.07) is 42.1. The van der Waals surface area contributed by atoms with Gasteiger partial charge >= 0.3 is 0 Å². The van der Waals surface area contributed by atoms with Gasteiger partial charge in [0.15, 0.2) is 0 Å². The van der Waals surface area contributed by atoms with Crippen LogP contribution >= 0.6 is 0 Å². The number of hydrogen-bond acceptors (Lipinski definition) is 2. The maximum absolute atomic E-state index is 9.54. The molecular weight excluding hydrogens is 552 g/mol. The molecule has 6 aromatic carbocycles. The third kappa shape index (κ3) is 5.08. The molecule has 222 valence electrons. The van der Waals surface area contributed by atoms with E-state index in [1.54, 1.807) is 19.2 Å². The summed E-state index contributed by atoms with van der Waals surface area (Å²) in [4.78, 5) is 0. The lowest BCUT2D eigenvalue weighted by atomic mass is 10.1. The summed E-state index contributed by atoms with van der Waals surface area (Å²) in [7, 11) is 1.70. The predicted octanol–water partition coefficient (Wildman–Crippen LogP) is 10.5. The molecule has 0 radical (unpaired) electrons. The number of hydrogen-bond donors (Lipinski definition) is 1. The van der Waals surface area contributed by atoms with Gasteiger partial charge in [-0.25, -0.2) is 0 Å². The minimum absolute atomic E-state index is 0.288. The van der Waals surface area contributed by atoms with E-state index in [9.17, 15) is 5.11 Å². The lowest BCUT2D eigenvalue weighted by molar-refractivity contribution is 0.415. The highest BCUT2D eigenvalue weighted by Crippen LogP contribution is 2.35. The minimum Gasteiger partial charge on any atom is -0.508 e. The first-order chi connectivity index (χ1) is 21.8. The van der Waals surface area contributed by atoms with Crippen molar-refractivity contribution in [3.05, 3.63) is 144 Å².